The first-order valence-corrected chi connectivity index (χ1v) is 6.34. The van der Waals surface area contributed by atoms with Gasteiger partial charge in [-0.3, -0.25) is 4.98 Å². The van der Waals surface area contributed by atoms with Crippen LogP contribution in [-0.2, 0) is 19.3 Å². The molecule has 6 heteroatoms. The minimum absolute atomic E-state index is 0.0108. The van der Waals surface area contributed by atoms with E-state index in [1.165, 1.54) is 0 Å². The molecule has 2 rings (SSSR count). The number of hydrogen-bond donors (Lipinski definition) is 1. The van der Waals surface area contributed by atoms with Crippen molar-refractivity contribution in [3.8, 4) is 0 Å². The van der Waals surface area contributed by atoms with Crippen molar-refractivity contribution in [1.82, 2.24) is 10.3 Å². The van der Waals surface area contributed by atoms with Gasteiger partial charge in [0, 0.05) is 25.5 Å². The van der Waals surface area contributed by atoms with Crippen LogP contribution in [0.5, 0.6) is 0 Å². The Morgan fingerprint density at radius 1 is 1.10 bits per heavy atom. The predicted octanol–water partition coefficient (Wildman–Crippen LogP) is 3.84. The Kier molecular flexibility index (Phi) is 4.57. The molecule has 1 heterocycles. The van der Waals surface area contributed by atoms with Gasteiger partial charge in [-0.25, -0.2) is 4.39 Å². The molecule has 1 N–H and O–H groups in total. The molecule has 0 aliphatic heterocycles. The van der Waals surface area contributed by atoms with Gasteiger partial charge < -0.3 is 5.32 Å². The Hall–Kier alpha value is -1.95. The van der Waals surface area contributed by atoms with Gasteiger partial charge in [0.2, 0.25) is 0 Å². The lowest BCUT2D eigenvalue weighted by atomic mass is 10.1. The maximum Gasteiger partial charge on any atom is 0.416 e. The van der Waals surface area contributed by atoms with E-state index in [1.54, 1.807) is 18.5 Å². The zero-order valence-corrected chi connectivity index (χ0v) is 11.3. The van der Waals surface area contributed by atoms with E-state index in [0.717, 1.165) is 23.3 Å². The number of aromatic nitrogens is 1. The third kappa shape index (κ3) is 4.01. The van der Waals surface area contributed by atoms with Crippen molar-refractivity contribution in [2.75, 3.05) is 0 Å². The molecule has 2 nitrogen and oxygen atoms in total. The van der Waals surface area contributed by atoms with Gasteiger partial charge >= 0.3 is 6.18 Å². The molecule has 112 valence electrons. The van der Waals surface area contributed by atoms with E-state index in [0.29, 0.717) is 12.6 Å². The van der Waals surface area contributed by atoms with E-state index in [1.807, 2.05) is 6.92 Å². The topological polar surface area (TPSA) is 24.9 Å². The van der Waals surface area contributed by atoms with E-state index in [2.05, 4.69) is 10.3 Å². The van der Waals surface area contributed by atoms with Crippen LogP contribution in [0.2, 0.25) is 0 Å². The lowest BCUT2D eigenvalue weighted by Crippen LogP contribution is -2.18. The minimum Gasteiger partial charge on any atom is -0.309 e. The molecule has 0 unspecified atom stereocenters. The highest BCUT2D eigenvalue weighted by molar-refractivity contribution is 5.30. The summed E-state index contributed by atoms with van der Waals surface area (Å²) in [6.45, 7) is 2.31. The first-order valence-electron chi connectivity index (χ1n) is 6.34. The molecule has 0 spiro atoms. The average Bonchev–Trinajstić information content (AvgIpc) is 2.41. The highest BCUT2D eigenvalue weighted by Crippen LogP contribution is 2.32. The summed E-state index contributed by atoms with van der Waals surface area (Å²) in [5.74, 6) is -0.893. The summed E-state index contributed by atoms with van der Waals surface area (Å²) in [4.78, 5) is 3.95. The van der Waals surface area contributed by atoms with Gasteiger partial charge in [-0.2, -0.15) is 13.2 Å². The second-order valence-electron chi connectivity index (χ2n) is 4.70. The zero-order chi connectivity index (χ0) is 15.5. The van der Waals surface area contributed by atoms with E-state index < -0.39 is 17.6 Å². The summed E-state index contributed by atoms with van der Waals surface area (Å²) in [7, 11) is 0. The van der Waals surface area contributed by atoms with Crippen LogP contribution in [0.1, 0.15) is 22.3 Å². The molecule has 0 fully saturated rings. The number of alkyl halides is 3. The number of rotatable bonds is 4. The number of pyridine rings is 1. The van der Waals surface area contributed by atoms with Crippen molar-refractivity contribution < 1.29 is 17.6 Å². The maximum atomic E-state index is 13.0. The van der Waals surface area contributed by atoms with Crippen molar-refractivity contribution in [2.45, 2.75) is 26.2 Å². The fourth-order valence-corrected chi connectivity index (χ4v) is 2.00. The molecule has 0 aliphatic rings. The van der Waals surface area contributed by atoms with Gasteiger partial charge in [-0.15, -0.1) is 0 Å². The monoisotopic (exact) mass is 298 g/mol. The van der Waals surface area contributed by atoms with Gasteiger partial charge in [0.25, 0.3) is 0 Å². The lowest BCUT2D eigenvalue weighted by molar-refractivity contribution is -0.138. The van der Waals surface area contributed by atoms with Crippen LogP contribution >= 0.6 is 0 Å². The zero-order valence-electron chi connectivity index (χ0n) is 11.3. The molecule has 0 saturated carbocycles. The van der Waals surface area contributed by atoms with E-state index >= 15 is 0 Å². The molecule has 1 aromatic heterocycles. The molecule has 1 aromatic carbocycles. The summed E-state index contributed by atoms with van der Waals surface area (Å²) in [5, 5.41) is 2.94. The van der Waals surface area contributed by atoms with E-state index in [-0.39, 0.29) is 12.1 Å². The molecular formula is C15H14F4N2. The Bertz CT molecular complexity index is 623. The molecule has 0 bridgehead atoms. The third-order valence-corrected chi connectivity index (χ3v) is 3.14. The largest absolute Gasteiger partial charge is 0.416 e. The van der Waals surface area contributed by atoms with Gasteiger partial charge in [0.15, 0.2) is 0 Å². The van der Waals surface area contributed by atoms with E-state index in [9.17, 15) is 17.6 Å². The van der Waals surface area contributed by atoms with Crippen LogP contribution in [0.25, 0.3) is 0 Å². The van der Waals surface area contributed by atoms with Gasteiger partial charge in [-0.05, 0) is 41.8 Å². The standard InChI is InChI=1S/C15H14F4N2/c1-10-7-20-5-4-11(10)8-21-9-12-2-3-13(16)6-14(12)15(17,18)19/h2-7,21H,8-9H2,1H3. The average molecular weight is 298 g/mol. The lowest BCUT2D eigenvalue weighted by Gasteiger charge is -2.14. The van der Waals surface area contributed by atoms with Crippen molar-refractivity contribution >= 4 is 0 Å². The van der Waals surface area contributed by atoms with Crippen molar-refractivity contribution in [3.05, 3.63) is 64.7 Å². The second kappa shape index (κ2) is 6.22. The SMILES string of the molecule is Cc1cnccc1CNCc1ccc(F)cc1C(F)(F)F. The number of halogens is 4. The first-order chi connectivity index (χ1) is 9.88. The summed E-state index contributed by atoms with van der Waals surface area (Å²) in [6.07, 6.45) is -1.25. The maximum absolute atomic E-state index is 13.0. The second-order valence-corrected chi connectivity index (χ2v) is 4.70. The molecular weight excluding hydrogens is 284 g/mol. The van der Waals surface area contributed by atoms with Gasteiger partial charge in [0.05, 0.1) is 5.56 Å². The highest BCUT2D eigenvalue weighted by atomic mass is 19.4. The number of nitrogens with zero attached hydrogens (tertiary/aromatic N) is 1. The fourth-order valence-electron chi connectivity index (χ4n) is 2.00. The first kappa shape index (κ1) is 15.4. The van der Waals surface area contributed by atoms with Crippen LogP contribution in [0.3, 0.4) is 0 Å². The molecule has 0 radical (unpaired) electrons. The Morgan fingerprint density at radius 3 is 2.48 bits per heavy atom. The number of benzene rings is 1. The van der Waals surface area contributed by atoms with Gasteiger partial charge in [-0.1, -0.05) is 6.07 Å². The van der Waals surface area contributed by atoms with Crippen LogP contribution in [0.15, 0.2) is 36.7 Å². The molecule has 21 heavy (non-hydrogen) atoms. The summed E-state index contributed by atoms with van der Waals surface area (Å²) in [5.41, 5.74) is 0.998. The number of aryl methyl sites for hydroxylation is 1. The van der Waals surface area contributed by atoms with Crippen molar-refractivity contribution in [2.24, 2.45) is 0 Å². The van der Waals surface area contributed by atoms with Gasteiger partial charge in [0.1, 0.15) is 5.82 Å². The summed E-state index contributed by atoms with van der Waals surface area (Å²) >= 11 is 0. The smallest absolute Gasteiger partial charge is 0.309 e. The number of nitrogens with one attached hydrogen (secondary N) is 1. The quantitative estimate of drug-likeness (QED) is 0.868. The van der Waals surface area contributed by atoms with Crippen LogP contribution < -0.4 is 5.32 Å². The van der Waals surface area contributed by atoms with Crippen LogP contribution in [0.4, 0.5) is 17.6 Å². The minimum atomic E-state index is -4.56. The van der Waals surface area contributed by atoms with Crippen LogP contribution in [0, 0.1) is 12.7 Å². The fraction of sp³-hybridized carbons (Fsp3) is 0.267. The van der Waals surface area contributed by atoms with Crippen molar-refractivity contribution in [3.63, 3.8) is 0 Å². The Balaban J connectivity index is 2.09. The van der Waals surface area contributed by atoms with Crippen LogP contribution in [-0.4, -0.2) is 4.98 Å². The highest BCUT2D eigenvalue weighted by Gasteiger charge is 2.33. The normalized spacial score (nSPS) is 11.7. The summed E-state index contributed by atoms with van der Waals surface area (Å²) in [6, 6.07) is 4.51. The Morgan fingerprint density at radius 2 is 1.81 bits per heavy atom. The molecule has 0 saturated heterocycles. The molecule has 0 amide bonds. The third-order valence-electron chi connectivity index (χ3n) is 3.14. The predicted molar refractivity (Wildman–Crippen MR) is 70.9 cm³/mol. The molecule has 2 aromatic rings. The number of hydrogen-bond acceptors (Lipinski definition) is 2. The molecule has 0 aliphatic carbocycles. The molecule has 0 atom stereocenters. The van der Waals surface area contributed by atoms with E-state index in [4.69, 9.17) is 0 Å². The summed E-state index contributed by atoms with van der Waals surface area (Å²) < 4.78 is 51.5. The van der Waals surface area contributed by atoms with Crippen molar-refractivity contribution in [1.29, 1.82) is 0 Å². The Labute approximate surface area is 119 Å².